The summed E-state index contributed by atoms with van der Waals surface area (Å²) in [5.41, 5.74) is 1.61. The van der Waals surface area contributed by atoms with Crippen LogP contribution < -0.4 is 5.32 Å². The molecule has 1 unspecified atom stereocenters. The summed E-state index contributed by atoms with van der Waals surface area (Å²) in [6, 6.07) is 7.71. The molecule has 0 saturated carbocycles. The van der Waals surface area contributed by atoms with Crippen molar-refractivity contribution in [3.63, 3.8) is 0 Å². The number of nitrogens with one attached hydrogen (secondary N) is 2. The van der Waals surface area contributed by atoms with Crippen LogP contribution in [0.2, 0.25) is 0 Å². The van der Waals surface area contributed by atoms with Gasteiger partial charge < -0.3 is 10.3 Å². The van der Waals surface area contributed by atoms with E-state index in [1.165, 1.54) is 0 Å². The van der Waals surface area contributed by atoms with E-state index in [0.717, 1.165) is 10.9 Å². The Kier molecular flexibility index (Phi) is 3.74. The molecule has 0 bridgehead atoms. The molecule has 0 aliphatic heterocycles. The van der Waals surface area contributed by atoms with E-state index in [0.29, 0.717) is 17.4 Å². The molecule has 3 nitrogen and oxygen atoms in total. The molecule has 90 valence electrons. The Morgan fingerprint density at radius 2 is 2.29 bits per heavy atom. The molecule has 1 amide bonds. The standard InChI is InChI=1S/C13H16N2OS/c1-9(17-2)8-15-13(16)11-5-3-4-10-6-7-14-12(10)11/h3-7,9,14H,8H2,1-2H3,(H,15,16). The zero-order valence-electron chi connectivity index (χ0n) is 9.99. The normalized spacial score (nSPS) is 12.6. The number of aromatic amines is 1. The second kappa shape index (κ2) is 5.27. The summed E-state index contributed by atoms with van der Waals surface area (Å²) in [7, 11) is 0. The molecule has 2 aromatic rings. The topological polar surface area (TPSA) is 44.9 Å². The third-order valence-electron chi connectivity index (χ3n) is 2.78. The fraction of sp³-hybridized carbons (Fsp3) is 0.308. The number of hydrogen-bond donors (Lipinski definition) is 2. The van der Waals surface area contributed by atoms with Crippen LogP contribution >= 0.6 is 11.8 Å². The van der Waals surface area contributed by atoms with Crippen LogP contribution in [0.1, 0.15) is 17.3 Å². The molecule has 1 heterocycles. The average Bonchev–Trinajstić information content (AvgIpc) is 2.83. The van der Waals surface area contributed by atoms with Crippen LogP contribution in [-0.4, -0.2) is 28.9 Å². The predicted molar refractivity (Wildman–Crippen MR) is 73.6 cm³/mol. The van der Waals surface area contributed by atoms with E-state index in [9.17, 15) is 4.79 Å². The SMILES string of the molecule is CSC(C)CNC(=O)c1cccc2cc[nH]c12. The van der Waals surface area contributed by atoms with E-state index in [-0.39, 0.29) is 5.91 Å². The smallest absolute Gasteiger partial charge is 0.253 e. The first-order valence-corrected chi connectivity index (χ1v) is 6.88. The Hall–Kier alpha value is -1.42. The minimum atomic E-state index is -0.0149. The number of carbonyl (C=O) groups excluding carboxylic acids is 1. The lowest BCUT2D eigenvalue weighted by Gasteiger charge is -2.10. The number of rotatable bonds is 4. The van der Waals surface area contributed by atoms with Crippen LogP contribution in [0, 0.1) is 0 Å². The number of carbonyl (C=O) groups is 1. The van der Waals surface area contributed by atoms with Crippen molar-refractivity contribution in [1.82, 2.24) is 10.3 Å². The van der Waals surface area contributed by atoms with Gasteiger partial charge in [-0.2, -0.15) is 11.8 Å². The summed E-state index contributed by atoms with van der Waals surface area (Å²) in [6.07, 6.45) is 3.90. The van der Waals surface area contributed by atoms with Gasteiger partial charge in [0.05, 0.1) is 11.1 Å². The molecule has 0 aliphatic carbocycles. The van der Waals surface area contributed by atoms with Crippen LogP contribution in [0.5, 0.6) is 0 Å². The maximum Gasteiger partial charge on any atom is 0.253 e. The van der Waals surface area contributed by atoms with Gasteiger partial charge in [-0.3, -0.25) is 4.79 Å². The Labute approximate surface area is 105 Å². The molecule has 17 heavy (non-hydrogen) atoms. The van der Waals surface area contributed by atoms with E-state index in [4.69, 9.17) is 0 Å². The molecule has 1 aromatic carbocycles. The van der Waals surface area contributed by atoms with Gasteiger partial charge >= 0.3 is 0 Å². The van der Waals surface area contributed by atoms with Gasteiger partial charge in [0, 0.05) is 23.4 Å². The lowest BCUT2D eigenvalue weighted by atomic mass is 10.1. The third kappa shape index (κ3) is 2.64. The van der Waals surface area contributed by atoms with E-state index < -0.39 is 0 Å². The molecule has 0 radical (unpaired) electrons. The average molecular weight is 248 g/mol. The summed E-state index contributed by atoms with van der Waals surface area (Å²) in [5, 5.41) is 4.45. The van der Waals surface area contributed by atoms with E-state index in [1.54, 1.807) is 11.8 Å². The lowest BCUT2D eigenvalue weighted by molar-refractivity contribution is 0.0955. The molecular formula is C13H16N2OS. The van der Waals surface area contributed by atoms with Crippen LogP contribution in [-0.2, 0) is 0 Å². The maximum absolute atomic E-state index is 12.0. The van der Waals surface area contributed by atoms with Crippen molar-refractivity contribution in [2.75, 3.05) is 12.8 Å². The Morgan fingerprint density at radius 1 is 1.47 bits per heavy atom. The molecule has 4 heteroatoms. The number of hydrogen-bond acceptors (Lipinski definition) is 2. The number of H-pyrrole nitrogens is 1. The highest BCUT2D eigenvalue weighted by Gasteiger charge is 2.11. The molecule has 1 aromatic heterocycles. The van der Waals surface area contributed by atoms with Crippen LogP contribution in [0.3, 0.4) is 0 Å². The second-order valence-corrected chi connectivity index (χ2v) is 5.28. The lowest BCUT2D eigenvalue weighted by Crippen LogP contribution is -2.29. The van der Waals surface area contributed by atoms with Crippen LogP contribution in [0.25, 0.3) is 10.9 Å². The summed E-state index contributed by atoms with van der Waals surface area (Å²) in [6.45, 7) is 2.79. The minimum absolute atomic E-state index is 0.0149. The van der Waals surface area contributed by atoms with Crippen molar-refractivity contribution in [3.8, 4) is 0 Å². The zero-order chi connectivity index (χ0) is 12.3. The van der Waals surface area contributed by atoms with Crippen LogP contribution in [0.4, 0.5) is 0 Å². The van der Waals surface area contributed by atoms with Gasteiger partial charge in [0.1, 0.15) is 0 Å². The van der Waals surface area contributed by atoms with Crippen molar-refractivity contribution in [2.24, 2.45) is 0 Å². The van der Waals surface area contributed by atoms with Crippen molar-refractivity contribution in [3.05, 3.63) is 36.0 Å². The molecule has 2 N–H and O–H groups in total. The monoisotopic (exact) mass is 248 g/mol. The zero-order valence-corrected chi connectivity index (χ0v) is 10.8. The summed E-state index contributed by atoms with van der Waals surface area (Å²) in [4.78, 5) is 15.1. The Bertz CT molecular complexity index is 521. The van der Waals surface area contributed by atoms with Gasteiger partial charge in [0.2, 0.25) is 0 Å². The van der Waals surface area contributed by atoms with Gasteiger partial charge in [0.25, 0.3) is 5.91 Å². The Balaban J connectivity index is 2.16. The highest BCUT2D eigenvalue weighted by atomic mass is 32.2. The quantitative estimate of drug-likeness (QED) is 0.873. The fourth-order valence-corrected chi connectivity index (χ4v) is 1.94. The summed E-state index contributed by atoms with van der Waals surface area (Å²) in [5.74, 6) is -0.0149. The maximum atomic E-state index is 12.0. The molecule has 0 spiro atoms. The fourth-order valence-electron chi connectivity index (χ4n) is 1.69. The first kappa shape index (κ1) is 12.0. The number of aromatic nitrogens is 1. The number of para-hydroxylation sites is 1. The molecule has 2 rings (SSSR count). The largest absolute Gasteiger partial charge is 0.361 e. The highest BCUT2D eigenvalue weighted by molar-refractivity contribution is 7.99. The van der Waals surface area contributed by atoms with Crippen molar-refractivity contribution in [1.29, 1.82) is 0 Å². The van der Waals surface area contributed by atoms with Gasteiger partial charge in [-0.15, -0.1) is 0 Å². The van der Waals surface area contributed by atoms with E-state index in [2.05, 4.69) is 17.2 Å². The number of thioether (sulfide) groups is 1. The molecule has 0 fully saturated rings. The van der Waals surface area contributed by atoms with E-state index >= 15 is 0 Å². The van der Waals surface area contributed by atoms with Crippen LogP contribution in [0.15, 0.2) is 30.5 Å². The molecule has 0 saturated heterocycles. The van der Waals surface area contributed by atoms with Crippen molar-refractivity contribution < 1.29 is 4.79 Å². The minimum Gasteiger partial charge on any atom is -0.361 e. The molecule has 1 atom stereocenters. The number of fused-ring (bicyclic) bond motifs is 1. The second-order valence-electron chi connectivity index (χ2n) is 4.00. The summed E-state index contributed by atoms with van der Waals surface area (Å²) >= 11 is 1.74. The number of benzene rings is 1. The van der Waals surface area contributed by atoms with Crippen molar-refractivity contribution >= 4 is 28.6 Å². The molecular weight excluding hydrogens is 232 g/mol. The van der Waals surface area contributed by atoms with Gasteiger partial charge in [-0.1, -0.05) is 19.1 Å². The van der Waals surface area contributed by atoms with Gasteiger partial charge in [-0.25, -0.2) is 0 Å². The van der Waals surface area contributed by atoms with Crippen molar-refractivity contribution in [2.45, 2.75) is 12.2 Å². The third-order valence-corrected chi connectivity index (χ3v) is 3.76. The highest BCUT2D eigenvalue weighted by Crippen LogP contribution is 2.16. The summed E-state index contributed by atoms with van der Waals surface area (Å²) < 4.78 is 0. The van der Waals surface area contributed by atoms with E-state index in [1.807, 2.05) is 36.7 Å². The predicted octanol–water partition coefficient (Wildman–Crippen LogP) is 2.65. The van der Waals surface area contributed by atoms with Gasteiger partial charge in [0.15, 0.2) is 0 Å². The Morgan fingerprint density at radius 3 is 3.06 bits per heavy atom. The first-order chi connectivity index (χ1) is 8.22. The molecule has 0 aliphatic rings. The number of amides is 1. The first-order valence-electron chi connectivity index (χ1n) is 5.59. The van der Waals surface area contributed by atoms with Gasteiger partial charge in [-0.05, 0) is 18.4 Å².